The highest BCUT2D eigenvalue weighted by Crippen LogP contribution is 2.44. The Bertz CT molecular complexity index is 436. The molecule has 1 saturated heterocycles. The van der Waals surface area contributed by atoms with Crippen molar-refractivity contribution in [2.24, 2.45) is 11.1 Å². The molecule has 1 saturated carbocycles. The van der Waals surface area contributed by atoms with E-state index in [1.165, 1.54) is 63.6 Å². The molecule has 0 unspecified atom stereocenters. The van der Waals surface area contributed by atoms with Gasteiger partial charge in [-0.1, -0.05) is 19.3 Å². The van der Waals surface area contributed by atoms with Crippen molar-refractivity contribution in [3.63, 3.8) is 0 Å². The summed E-state index contributed by atoms with van der Waals surface area (Å²) >= 11 is 0. The van der Waals surface area contributed by atoms with Crippen LogP contribution in [0.4, 0.5) is 0 Å². The van der Waals surface area contributed by atoms with Gasteiger partial charge in [0.2, 0.25) is 0 Å². The number of hydrogen-bond acceptors (Lipinski definition) is 3. The van der Waals surface area contributed by atoms with E-state index in [4.69, 9.17) is 10.2 Å². The first-order chi connectivity index (χ1) is 9.71. The third-order valence-electron chi connectivity index (χ3n) is 5.50. The zero-order valence-electron chi connectivity index (χ0n) is 12.8. The van der Waals surface area contributed by atoms with Crippen LogP contribution in [0, 0.1) is 12.3 Å². The van der Waals surface area contributed by atoms with Crippen LogP contribution in [0.3, 0.4) is 0 Å². The molecule has 0 radical (unpaired) electrons. The Kier molecular flexibility index (Phi) is 4.18. The highest BCUT2D eigenvalue weighted by atomic mass is 16.3. The number of aryl methyl sites for hydroxylation is 1. The topological polar surface area (TPSA) is 42.4 Å². The molecular weight excluding hydrogens is 248 g/mol. The number of rotatable bonds is 3. The summed E-state index contributed by atoms with van der Waals surface area (Å²) in [7, 11) is 0. The maximum Gasteiger partial charge on any atom is 0.118 e. The summed E-state index contributed by atoms with van der Waals surface area (Å²) in [5.74, 6) is 1.96. The van der Waals surface area contributed by atoms with Crippen molar-refractivity contribution < 1.29 is 4.42 Å². The van der Waals surface area contributed by atoms with Crippen molar-refractivity contribution in [2.75, 3.05) is 13.1 Å². The minimum absolute atomic E-state index is 0.504. The van der Waals surface area contributed by atoms with E-state index in [0.717, 1.165) is 18.1 Å². The van der Waals surface area contributed by atoms with Crippen molar-refractivity contribution in [2.45, 2.75) is 65.0 Å². The fourth-order valence-electron chi connectivity index (χ4n) is 4.07. The van der Waals surface area contributed by atoms with Gasteiger partial charge in [-0.25, -0.2) is 0 Å². The molecule has 1 aromatic rings. The van der Waals surface area contributed by atoms with Gasteiger partial charge in [0.15, 0.2) is 0 Å². The van der Waals surface area contributed by atoms with Crippen molar-refractivity contribution in [1.29, 1.82) is 0 Å². The SMILES string of the molecule is Cc1oc(CN)cc1CN1CCC2(CCCCC2)CC1. The third-order valence-corrected chi connectivity index (χ3v) is 5.50. The second-order valence-electron chi connectivity index (χ2n) is 6.84. The van der Waals surface area contributed by atoms with Gasteiger partial charge >= 0.3 is 0 Å². The van der Waals surface area contributed by atoms with E-state index in [1.54, 1.807) is 0 Å². The van der Waals surface area contributed by atoms with Crippen LogP contribution in [0.1, 0.15) is 62.0 Å². The third kappa shape index (κ3) is 2.94. The number of piperidine rings is 1. The lowest BCUT2D eigenvalue weighted by atomic mass is 9.68. The van der Waals surface area contributed by atoms with Gasteiger partial charge in [-0.2, -0.15) is 0 Å². The van der Waals surface area contributed by atoms with E-state index < -0.39 is 0 Å². The Morgan fingerprint density at radius 3 is 2.45 bits per heavy atom. The van der Waals surface area contributed by atoms with Gasteiger partial charge in [0.1, 0.15) is 11.5 Å². The Morgan fingerprint density at radius 1 is 1.15 bits per heavy atom. The van der Waals surface area contributed by atoms with E-state index in [2.05, 4.69) is 17.9 Å². The lowest BCUT2D eigenvalue weighted by molar-refractivity contribution is 0.0639. The molecule has 3 rings (SSSR count). The van der Waals surface area contributed by atoms with Crippen molar-refractivity contribution >= 4 is 0 Å². The monoisotopic (exact) mass is 276 g/mol. The Morgan fingerprint density at radius 2 is 1.85 bits per heavy atom. The minimum atomic E-state index is 0.504. The molecule has 0 atom stereocenters. The lowest BCUT2D eigenvalue weighted by Crippen LogP contribution is -2.40. The smallest absolute Gasteiger partial charge is 0.118 e. The summed E-state index contributed by atoms with van der Waals surface area (Å²) in [6.45, 7) is 6.10. The summed E-state index contributed by atoms with van der Waals surface area (Å²) in [5, 5.41) is 0. The molecule has 2 fully saturated rings. The first kappa shape index (κ1) is 14.2. The van der Waals surface area contributed by atoms with Gasteiger partial charge < -0.3 is 10.2 Å². The zero-order chi connectivity index (χ0) is 14.0. The van der Waals surface area contributed by atoms with Gasteiger partial charge in [0.25, 0.3) is 0 Å². The van der Waals surface area contributed by atoms with E-state index in [9.17, 15) is 0 Å². The number of likely N-dealkylation sites (tertiary alicyclic amines) is 1. The molecule has 2 aliphatic rings. The number of hydrogen-bond donors (Lipinski definition) is 1. The molecule has 112 valence electrons. The maximum atomic E-state index is 5.66. The fraction of sp³-hybridized carbons (Fsp3) is 0.765. The number of nitrogens with two attached hydrogens (primary N) is 1. The Balaban J connectivity index is 1.56. The van der Waals surface area contributed by atoms with Crippen molar-refractivity contribution in [1.82, 2.24) is 4.90 Å². The Labute approximate surface area is 122 Å². The normalized spacial score (nSPS) is 23.3. The van der Waals surface area contributed by atoms with Gasteiger partial charge in [-0.15, -0.1) is 0 Å². The molecule has 2 N–H and O–H groups in total. The molecular formula is C17H28N2O. The summed E-state index contributed by atoms with van der Waals surface area (Å²) in [6, 6.07) is 2.14. The van der Waals surface area contributed by atoms with Crippen molar-refractivity contribution in [3.05, 3.63) is 23.2 Å². The molecule has 0 bridgehead atoms. The summed E-state index contributed by atoms with van der Waals surface area (Å²) in [5.41, 5.74) is 7.67. The second kappa shape index (κ2) is 5.90. The lowest BCUT2D eigenvalue weighted by Gasteiger charge is -2.44. The van der Waals surface area contributed by atoms with Gasteiger partial charge in [0, 0.05) is 12.1 Å². The van der Waals surface area contributed by atoms with E-state index in [0.29, 0.717) is 12.0 Å². The van der Waals surface area contributed by atoms with Crippen LogP contribution in [0.15, 0.2) is 10.5 Å². The standard InChI is InChI=1S/C17H28N2O/c1-14-15(11-16(12-18)20-14)13-19-9-7-17(8-10-19)5-3-2-4-6-17/h11H,2-10,12-13,18H2,1H3. The Hall–Kier alpha value is -0.800. The summed E-state index contributed by atoms with van der Waals surface area (Å²) in [4.78, 5) is 2.60. The first-order valence-electron chi connectivity index (χ1n) is 8.21. The maximum absolute atomic E-state index is 5.66. The highest BCUT2D eigenvalue weighted by Gasteiger charge is 2.35. The molecule has 1 aliphatic heterocycles. The van der Waals surface area contributed by atoms with Crippen LogP contribution in [-0.4, -0.2) is 18.0 Å². The predicted octanol–water partition coefficient (Wildman–Crippen LogP) is 3.59. The molecule has 3 nitrogen and oxygen atoms in total. The van der Waals surface area contributed by atoms with Crippen LogP contribution in [0.5, 0.6) is 0 Å². The highest BCUT2D eigenvalue weighted by molar-refractivity contribution is 5.20. The largest absolute Gasteiger partial charge is 0.465 e. The van der Waals surface area contributed by atoms with Gasteiger partial charge in [-0.05, 0) is 57.2 Å². The second-order valence-corrected chi connectivity index (χ2v) is 6.84. The van der Waals surface area contributed by atoms with Gasteiger partial charge in [-0.3, -0.25) is 4.90 Å². The molecule has 2 heterocycles. The molecule has 0 amide bonds. The van der Waals surface area contributed by atoms with Gasteiger partial charge in [0.05, 0.1) is 6.54 Å². The summed E-state index contributed by atoms with van der Waals surface area (Å²) < 4.78 is 5.66. The van der Waals surface area contributed by atoms with Crippen LogP contribution < -0.4 is 5.73 Å². The average molecular weight is 276 g/mol. The zero-order valence-corrected chi connectivity index (χ0v) is 12.8. The predicted molar refractivity (Wildman–Crippen MR) is 81.4 cm³/mol. The van der Waals surface area contributed by atoms with Crippen LogP contribution >= 0.6 is 0 Å². The quantitative estimate of drug-likeness (QED) is 0.917. The minimum Gasteiger partial charge on any atom is -0.465 e. The van der Waals surface area contributed by atoms with Crippen LogP contribution in [0.25, 0.3) is 0 Å². The van der Waals surface area contributed by atoms with Crippen LogP contribution in [0.2, 0.25) is 0 Å². The summed E-state index contributed by atoms with van der Waals surface area (Å²) in [6.07, 6.45) is 10.1. The first-order valence-corrected chi connectivity index (χ1v) is 8.21. The van der Waals surface area contributed by atoms with Crippen LogP contribution in [-0.2, 0) is 13.1 Å². The molecule has 1 aromatic heterocycles. The number of nitrogens with zero attached hydrogens (tertiary/aromatic N) is 1. The van der Waals surface area contributed by atoms with E-state index in [-0.39, 0.29) is 0 Å². The molecule has 0 aromatic carbocycles. The molecule has 20 heavy (non-hydrogen) atoms. The van der Waals surface area contributed by atoms with E-state index >= 15 is 0 Å². The number of furan rings is 1. The molecule has 1 aliphatic carbocycles. The van der Waals surface area contributed by atoms with E-state index in [1.807, 2.05) is 0 Å². The van der Waals surface area contributed by atoms with Crippen molar-refractivity contribution in [3.8, 4) is 0 Å². The average Bonchev–Trinajstić information content (AvgIpc) is 2.83. The fourth-order valence-corrected chi connectivity index (χ4v) is 4.07. The molecule has 3 heteroatoms. The molecule has 1 spiro atoms.